The normalized spacial score (nSPS) is 19.5. The third kappa shape index (κ3) is 3.47. The minimum atomic E-state index is -3.16. The summed E-state index contributed by atoms with van der Waals surface area (Å²) in [6, 6.07) is 4.54. The summed E-state index contributed by atoms with van der Waals surface area (Å²) in [5.74, 6) is -1.41. The van der Waals surface area contributed by atoms with Gasteiger partial charge in [-0.15, -0.1) is 0 Å². The molecule has 128 valence electrons. The number of sulfone groups is 1. The summed E-state index contributed by atoms with van der Waals surface area (Å²) in [5, 5.41) is 1.09. The van der Waals surface area contributed by atoms with Crippen molar-refractivity contribution in [3.05, 3.63) is 44.8 Å². The van der Waals surface area contributed by atoms with E-state index in [2.05, 4.69) is 0 Å². The minimum absolute atomic E-state index is 0.000489. The van der Waals surface area contributed by atoms with E-state index in [1.807, 2.05) is 0 Å². The van der Waals surface area contributed by atoms with Crippen LogP contribution < -0.4 is 5.63 Å². The van der Waals surface area contributed by atoms with E-state index in [-0.39, 0.29) is 24.5 Å². The smallest absolute Gasteiger partial charge is 0.336 e. The molecule has 8 heteroatoms. The number of esters is 1. The molecule has 3 rings (SSSR count). The Labute approximate surface area is 143 Å². The average Bonchev–Trinajstić information content (AvgIpc) is 2.86. The number of fused-ring (bicyclic) bond motifs is 1. The summed E-state index contributed by atoms with van der Waals surface area (Å²) in [6.45, 7) is 1.64. The van der Waals surface area contributed by atoms with E-state index < -0.39 is 27.4 Å². The third-order valence-corrected chi connectivity index (χ3v) is 6.22. The number of hydrogen-bond donors (Lipinski definition) is 0. The fraction of sp³-hybridized carbons (Fsp3) is 0.375. The van der Waals surface area contributed by atoms with Crippen molar-refractivity contribution in [3.63, 3.8) is 0 Å². The molecule has 0 radical (unpaired) electrons. The Morgan fingerprint density at radius 2 is 2.12 bits per heavy atom. The molecule has 0 bridgehead atoms. The van der Waals surface area contributed by atoms with Gasteiger partial charge in [0.05, 0.1) is 17.4 Å². The van der Waals surface area contributed by atoms with Crippen LogP contribution in [0.3, 0.4) is 0 Å². The molecule has 1 saturated heterocycles. The Morgan fingerprint density at radius 1 is 1.38 bits per heavy atom. The van der Waals surface area contributed by atoms with Crippen molar-refractivity contribution in [2.75, 3.05) is 11.5 Å². The Morgan fingerprint density at radius 3 is 2.79 bits per heavy atom. The van der Waals surface area contributed by atoms with Gasteiger partial charge >= 0.3 is 11.6 Å². The van der Waals surface area contributed by atoms with Gasteiger partial charge in [0.2, 0.25) is 0 Å². The Balaban J connectivity index is 1.84. The second-order valence-corrected chi connectivity index (χ2v) is 8.53. The zero-order valence-corrected chi connectivity index (χ0v) is 14.4. The van der Waals surface area contributed by atoms with Crippen molar-refractivity contribution < 1.29 is 22.4 Å². The maximum absolute atomic E-state index is 12.0. The highest BCUT2D eigenvalue weighted by atomic mass is 35.5. The Bertz CT molecular complexity index is 976. The molecule has 1 aliphatic rings. The summed E-state index contributed by atoms with van der Waals surface area (Å²) < 4.78 is 33.2. The second kappa shape index (κ2) is 6.22. The number of ether oxygens (including phenoxy) is 1. The Kier molecular flexibility index (Phi) is 4.40. The van der Waals surface area contributed by atoms with E-state index in [1.165, 1.54) is 6.07 Å². The monoisotopic (exact) mass is 370 g/mol. The largest absolute Gasteiger partial charge is 0.461 e. The van der Waals surface area contributed by atoms with Crippen LogP contribution in [0.4, 0.5) is 0 Å². The van der Waals surface area contributed by atoms with Gasteiger partial charge in [0.25, 0.3) is 0 Å². The number of carbonyl (C=O) groups excluding carboxylic acids is 1. The number of benzene rings is 1. The van der Waals surface area contributed by atoms with Crippen LogP contribution in [0.2, 0.25) is 5.02 Å². The van der Waals surface area contributed by atoms with Crippen molar-refractivity contribution in [3.8, 4) is 0 Å². The van der Waals surface area contributed by atoms with Gasteiger partial charge in [0.15, 0.2) is 9.84 Å². The summed E-state index contributed by atoms with van der Waals surface area (Å²) in [4.78, 5) is 23.7. The highest BCUT2D eigenvalue weighted by Gasteiger charge is 2.34. The van der Waals surface area contributed by atoms with Gasteiger partial charge in [-0.25, -0.2) is 13.2 Å². The van der Waals surface area contributed by atoms with Crippen LogP contribution in [0.1, 0.15) is 17.5 Å². The first-order valence-corrected chi connectivity index (χ1v) is 9.55. The summed E-state index contributed by atoms with van der Waals surface area (Å²) >= 11 is 6.10. The summed E-state index contributed by atoms with van der Waals surface area (Å²) in [6.07, 6.45) is 0.268. The molecule has 2 aromatic rings. The molecule has 2 heterocycles. The molecule has 1 fully saturated rings. The fourth-order valence-electron chi connectivity index (χ4n) is 2.72. The van der Waals surface area contributed by atoms with Crippen LogP contribution in [-0.4, -0.2) is 25.9 Å². The van der Waals surface area contributed by atoms with Gasteiger partial charge in [-0.1, -0.05) is 11.6 Å². The third-order valence-electron chi connectivity index (χ3n) is 4.05. The lowest BCUT2D eigenvalue weighted by molar-refractivity contribution is -0.148. The first-order chi connectivity index (χ1) is 11.2. The van der Waals surface area contributed by atoms with Crippen molar-refractivity contribution in [1.29, 1.82) is 0 Å². The first-order valence-electron chi connectivity index (χ1n) is 7.35. The molecule has 0 spiro atoms. The Hall–Kier alpha value is -1.86. The number of hydrogen-bond acceptors (Lipinski definition) is 6. The minimum Gasteiger partial charge on any atom is -0.461 e. The molecule has 24 heavy (non-hydrogen) atoms. The van der Waals surface area contributed by atoms with Crippen molar-refractivity contribution in [2.24, 2.45) is 5.92 Å². The highest BCUT2D eigenvalue weighted by Crippen LogP contribution is 2.26. The lowest BCUT2D eigenvalue weighted by Crippen LogP contribution is -2.19. The van der Waals surface area contributed by atoms with Crippen LogP contribution in [0.25, 0.3) is 11.0 Å². The van der Waals surface area contributed by atoms with Gasteiger partial charge < -0.3 is 9.15 Å². The topological polar surface area (TPSA) is 90.7 Å². The fourth-order valence-corrected chi connectivity index (χ4v) is 4.61. The van der Waals surface area contributed by atoms with Crippen LogP contribution in [0, 0.1) is 12.8 Å². The standard InChI is InChI=1S/C16H15ClO6S/c1-9-4-14-12(6-13(9)17)11(5-15(18)23-14)7-22-16(19)10-2-3-24(20,21)8-10/h4-6,10H,2-3,7-8H2,1H3. The van der Waals surface area contributed by atoms with E-state index in [0.29, 0.717) is 21.6 Å². The lowest BCUT2D eigenvalue weighted by Gasteiger charge is -2.11. The molecule has 6 nitrogen and oxygen atoms in total. The van der Waals surface area contributed by atoms with Crippen molar-refractivity contribution in [2.45, 2.75) is 20.0 Å². The summed E-state index contributed by atoms with van der Waals surface area (Å²) in [7, 11) is -3.16. The zero-order chi connectivity index (χ0) is 17.5. The molecule has 1 aliphatic heterocycles. The SMILES string of the molecule is Cc1cc2oc(=O)cc(COC(=O)C3CCS(=O)(=O)C3)c2cc1Cl. The summed E-state index contributed by atoms with van der Waals surface area (Å²) in [5.41, 5.74) is 1.03. The van der Waals surface area contributed by atoms with Crippen LogP contribution in [-0.2, 0) is 26.0 Å². The van der Waals surface area contributed by atoms with E-state index in [9.17, 15) is 18.0 Å². The molecule has 1 aromatic heterocycles. The van der Waals surface area contributed by atoms with Gasteiger partial charge in [-0.3, -0.25) is 4.79 Å². The first kappa shape index (κ1) is 17.0. The molecule has 1 atom stereocenters. The van der Waals surface area contributed by atoms with E-state index in [0.717, 1.165) is 5.56 Å². The molecular weight excluding hydrogens is 356 g/mol. The zero-order valence-electron chi connectivity index (χ0n) is 12.9. The maximum Gasteiger partial charge on any atom is 0.336 e. The quantitative estimate of drug-likeness (QED) is 0.607. The van der Waals surface area contributed by atoms with Gasteiger partial charge in [-0.05, 0) is 31.0 Å². The van der Waals surface area contributed by atoms with Crippen LogP contribution >= 0.6 is 11.6 Å². The molecule has 0 amide bonds. The molecule has 1 aromatic carbocycles. The predicted octanol–water partition coefficient (Wildman–Crippen LogP) is 2.23. The van der Waals surface area contributed by atoms with Gasteiger partial charge in [0, 0.05) is 22.0 Å². The molecule has 0 N–H and O–H groups in total. The highest BCUT2D eigenvalue weighted by molar-refractivity contribution is 7.91. The van der Waals surface area contributed by atoms with E-state index in [4.69, 9.17) is 20.8 Å². The number of aryl methyl sites for hydroxylation is 1. The van der Waals surface area contributed by atoms with E-state index >= 15 is 0 Å². The maximum atomic E-state index is 12.0. The second-order valence-electron chi connectivity index (χ2n) is 5.90. The van der Waals surface area contributed by atoms with Gasteiger partial charge in [0.1, 0.15) is 12.2 Å². The predicted molar refractivity (Wildman–Crippen MR) is 88.8 cm³/mol. The number of carbonyl (C=O) groups is 1. The van der Waals surface area contributed by atoms with Gasteiger partial charge in [-0.2, -0.15) is 0 Å². The van der Waals surface area contributed by atoms with Crippen LogP contribution in [0.5, 0.6) is 0 Å². The number of rotatable bonds is 3. The molecule has 0 saturated carbocycles. The molecule has 1 unspecified atom stereocenters. The molecule has 0 aliphatic carbocycles. The number of halogens is 1. The average molecular weight is 371 g/mol. The van der Waals surface area contributed by atoms with E-state index in [1.54, 1.807) is 19.1 Å². The van der Waals surface area contributed by atoms with Crippen molar-refractivity contribution in [1.82, 2.24) is 0 Å². The molecular formula is C16H15ClO6S. The lowest BCUT2D eigenvalue weighted by atomic mass is 10.1. The van der Waals surface area contributed by atoms with Crippen molar-refractivity contribution >= 4 is 38.4 Å². The van der Waals surface area contributed by atoms with Crippen LogP contribution in [0.15, 0.2) is 27.4 Å².